The molecule has 0 aliphatic rings. The van der Waals surface area contributed by atoms with Gasteiger partial charge in [0.15, 0.2) is 5.16 Å². The molecular formula is C12H19N3OS. The van der Waals surface area contributed by atoms with Crippen LogP contribution in [0.3, 0.4) is 0 Å². The minimum atomic E-state index is 0.132. The molecule has 4 nitrogen and oxygen atoms in total. The molecule has 94 valence electrons. The van der Waals surface area contributed by atoms with Crippen molar-refractivity contribution in [2.45, 2.75) is 44.9 Å². The average molecular weight is 253 g/mol. The van der Waals surface area contributed by atoms with Gasteiger partial charge in [0.2, 0.25) is 5.91 Å². The summed E-state index contributed by atoms with van der Waals surface area (Å²) in [7, 11) is 0. The Morgan fingerprint density at radius 2 is 1.76 bits per heavy atom. The zero-order valence-electron chi connectivity index (χ0n) is 10.8. The second kappa shape index (κ2) is 6.59. The smallest absolute Gasteiger partial charge is 0.233 e. The van der Waals surface area contributed by atoms with E-state index >= 15 is 0 Å². The summed E-state index contributed by atoms with van der Waals surface area (Å²) in [5.41, 5.74) is 0. The number of aromatic nitrogens is 2. The highest BCUT2D eigenvalue weighted by molar-refractivity contribution is 7.99. The van der Waals surface area contributed by atoms with E-state index in [1.54, 1.807) is 18.5 Å². The first-order valence-electron chi connectivity index (χ1n) is 5.73. The highest BCUT2D eigenvalue weighted by Crippen LogP contribution is 2.14. The molecule has 0 unspecified atom stereocenters. The van der Waals surface area contributed by atoms with Gasteiger partial charge in [-0.1, -0.05) is 11.8 Å². The molecule has 0 aromatic carbocycles. The lowest BCUT2D eigenvalue weighted by Gasteiger charge is -2.30. The van der Waals surface area contributed by atoms with Crippen molar-refractivity contribution in [1.29, 1.82) is 0 Å². The monoisotopic (exact) mass is 253 g/mol. The van der Waals surface area contributed by atoms with Crippen molar-refractivity contribution in [3.05, 3.63) is 18.5 Å². The van der Waals surface area contributed by atoms with E-state index in [0.29, 0.717) is 10.9 Å². The van der Waals surface area contributed by atoms with Crippen LogP contribution in [0.1, 0.15) is 27.7 Å². The predicted octanol–water partition coefficient (Wildman–Crippen LogP) is 2.21. The van der Waals surface area contributed by atoms with Gasteiger partial charge in [-0.05, 0) is 33.8 Å². The molecule has 1 rings (SSSR count). The highest BCUT2D eigenvalue weighted by atomic mass is 32.2. The molecule has 1 heterocycles. The number of hydrogen-bond donors (Lipinski definition) is 0. The van der Waals surface area contributed by atoms with E-state index in [1.807, 2.05) is 32.6 Å². The number of hydrogen-bond acceptors (Lipinski definition) is 4. The summed E-state index contributed by atoms with van der Waals surface area (Å²) in [5, 5.41) is 0.647. The van der Waals surface area contributed by atoms with Crippen molar-refractivity contribution in [1.82, 2.24) is 14.9 Å². The summed E-state index contributed by atoms with van der Waals surface area (Å²) in [4.78, 5) is 22.1. The van der Waals surface area contributed by atoms with Gasteiger partial charge < -0.3 is 4.90 Å². The van der Waals surface area contributed by atoms with Gasteiger partial charge in [-0.15, -0.1) is 0 Å². The summed E-state index contributed by atoms with van der Waals surface area (Å²) in [5.74, 6) is 0.521. The molecule has 5 heteroatoms. The normalized spacial score (nSPS) is 10.9. The number of rotatable bonds is 5. The molecule has 0 aliphatic carbocycles. The molecule has 0 N–H and O–H groups in total. The Bertz CT molecular complexity index is 346. The van der Waals surface area contributed by atoms with Crippen molar-refractivity contribution in [3.63, 3.8) is 0 Å². The maximum atomic E-state index is 12.0. The second-order valence-electron chi connectivity index (χ2n) is 4.31. The Morgan fingerprint density at radius 1 is 1.24 bits per heavy atom. The maximum Gasteiger partial charge on any atom is 0.233 e. The molecule has 0 bridgehead atoms. The average Bonchev–Trinajstić information content (AvgIpc) is 2.27. The van der Waals surface area contributed by atoms with Crippen molar-refractivity contribution >= 4 is 17.7 Å². The highest BCUT2D eigenvalue weighted by Gasteiger charge is 2.20. The number of nitrogens with zero attached hydrogens (tertiary/aromatic N) is 3. The van der Waals surface area contributed by atoms with Crippen molar-refractivity contribution in [2.24, 2.45) is 0 Å². The molecule has 0 fully saturated rings. The van der Waals surface area contributed by atoms with Gasteiger partial charge >= 0.3 is 0 Å². The maximum absolute atomic E-state index is 12.0. The fourth-order valence-electron chi connectivity index (χ4n) is 1.73. The van der Waals surface area contributed by atoms with E-state index in [1.165, 1.54) is 11.8 Å². The Labute approximate surface area is 107 Å². The molecule has 0 atom stereocenters. The SMILES string of the molecule is CC(C)N(C(=O)CSc1ncccn1)C(C)C. The fourth-order valence-corrected chi connectivity index (χ4v) is 2.41. The number of amides is 1. The Balaban J connectivity index is 2.54. The van der Waals surface area contributed by atoms with Gasteiger partial charge in [0.1, 0.15) is 0 Å². The van der Waals surface area contributed by atoms with E-state index in [0.717, 1.165) is 0 Å². The summed E-state index contributed by atoms with van der Waals surface area (Å²) in [6.45, 7) is 8.12. The van der Waals surface area contributed by atoms with Crippen LogP contribution in [0.5, 0.6) is 0 Å². The van der Waals surface area contributed by atoms with Crippen LogP contribution < -0.4 is 0 Å². The molecule has 17 heavy (non-hydrogen) atoms. The van der Waals surface area contributed by atoms with Crippen LogP contribution in [0.4, 0.5) is 0 Å². The number of carbonyl (C=O) groups excluding carboxylic acids is 1. The summed E-state index contributed by atoms with van der Waals surface area (Å²) in [6.07, 6.45) is 3.37. The summed E-state index contributed by atoms with van der Waals surface area (Å²) in [6, 6.07) is 2.21. The summed E-state index contributed by atoms with van der Waals surface area (Å²) < 4.78 is 0. The Hall–Kier alpha value is -1.10. The summed E-state index contributed by atoms with van der Waals surface area (Å²) >= 11 is 1.38. The molecular weight excluding hydrogens is 234 g/mol. The van der Waals surface area contributed by atoms with E-state index in [2.05, 4.69) is 9.97 Å². The largest absolute Gasteiger partial charge is 0.337 e. The topological polar surface area (TPSA) is 46.1 Å². The lowest BCUT2D eigenvalue weighted by Crippen LogP contribution is -2.43. The number of thioether (sulfide) groups is 1. The van der Waals surface area contributed by atoms with Gasteiger partial charge in [-0.3, -0.25) is 4.79 Å². The van der Waals surface area contributed by atoms with Crippen LogP contribution in [0.25, 0.3) is 0 Å². The molecule has 0 radical (unpaired) electrons. The van der Waals surface area contributed by atoms with Gasteiger partial charge in [0, 0.05) is 24.5 Å². The Morgan fingerprint density at radius 3 is 2.24 bits per heavy atom. The van der Waals surface area contributed by atoms with E-state index in [9.17, 15) is 4.79 Å². The third-order valence-corrected chi connectivity index (χ3v) is 3.13. The van der Waals surface area contributed by atoms with Crippen molar-refractivity contribution in [3.8, 4) is 0 Å². The first-order valence-corrected chi connectivity index (χ1v) is 6.72. The predicted molar refractivity (Wildman–Crippen MR) is 69.9 cm³/mol. The first kappa shape index (κ1) is 14.0. The molecule has 0 saturated carbocycles. The minimum absolute atomic E-state index is 0.132. The van der Waals surface area contributed by atoms with E-state index in [4.69, 9.17) is 0 Å². The molecule has 1 aromatic rings. The van der Waals surface area contributed by atoms with Crippen LogP contribution in [-0.2, 0) is 4.79 Å². The molecule has 1 amide bonds. The van der Waals surface area contributed by atoms with Crippen LogP contribution in [0.2, 0.25) is 0 Å². The molecule has 0 spiro atoms. The molecule has 1 aromatic heterocycles. The van der Waals surface area contributed by atoms with Gasteiger partial charge in [0.25, 0.3) is 0 Å². The third-order valence-electron chi connectivity index (χ3n) is 2.27. The van der Waals surface area contributed by atoms with Crippen LogP contribution >= 0.6 is 11.8 Å². The van der Waals surface area contributed by atoms with Crippen molar-refractivity contribution in [2.75, 3.05) is 5.75 Å². The zero-order chi connectivity index (χ0) is 12.8. The minimum Gasteiger partial charge on any atom is -0.337 e. The zero-order valence-corrected chi connectivity index (χ0v) is 11.6. The molecule has 0 saturated heterocycles. The quantitative estimate of drug-likeness (QED) is 0.596. The Kier molecular flexibility index (Phi) is 5.41. The standard InChI is InChI=1S/C12H19N3OS/c1-9(2)15(10(3)4)11(16)8-17-12-13-6-5-7-14-12/h5-7,9-10H,8H2,1-4H3. The third kappa shape index (κ3) is 4.34. The van der Waals surface area contributed by atoms with Crippen LogP contribution in [0.15, 0.2) is 23.6 Å². The van der Waals surface area contributed by atoms with Gasteiger partial charge in [0.05, 0.1) is 5.75 Å². The number of carbonyl (C=O) groups is 1. The fraction of sp³-hybridized carbons (Fsp3) is 0.583. The lowest BCUT2D eigenvalue weighted by molar-refractivity contribution is -0.131. The van der Waals surface area contributed by atoms with E-state index in [-0.39, 0.29) is 18.0 Å². The van der Waals surface area contributed by atoms with Crippen LogP contribution in [0, 0.1) is 0 Å². The second-order valence-corrected chi connectivity index (χ2v) is 5.25. The van der Waals surface area contributed by atoms with Gasteiger partial charge in [-0.2, -0.15) is 0 Å². The van der Waals surface area contributed by atoms with Crippen molar-refractivity contribution < 1.29 is 4.79 Å². The van der Waals surface area contributed by atoms with E-state index < -0.39 is 0 Å². The first-order chi connectivity index (χ1) is 8.02. The lowest BCUT2D eigenvalue weighted by atomic mass is 10.2. The van der Waals surface area contributed by atoms with Gasteiger partial charge in [-0.25, -0.2) is 9.97 Å². The van der Waals surface area contributed by atoms with Crippen LogP contribution in [-0.4, -0.2) is 38.6 Å². The molecule has 0 aliphatic heterocycles.